The third-order valence-electron chi connectivity index (χ3n) is 3.30. The molecule has 0 atom stereocenters. The number of rotatable bonds is 5. The van der Waals surface area contributed by atoms with E-state index in [1.165, 1.54) is 25.4 Å². The van der Waals surface area contributed by atoms with E-state index in [1.54, 1.807) is 25.1 Å². The number of hydrogen-bond acceptors (Lipinski definition) is 5. The molecule has 0 saturated heterocycles. The number of hydrogen-bond donors (Lipinski definition) is 2. The highest BCUT2D eigenvalue weighted by atomic mass is 35.5. The Morgan fingerprint density at radius 1 is 1.20 bits per heavy atom. The lowest BCUT2D eigenvalue weighted by Gasteiger charge is -2.10. The molecule has 0 aliphatic carbocycles. The lowest BCUT2D eigenvalue weighted by atomic mass is 10.1. The second kappa shape index (κ2) is 8.25. The highest BCUT2D eigenvalue weighted by molar-refractivity contribution is 6.30. The molecular formula is C17H16ClN3O4. The van der Waals surface area contributed by atoms with Crippen molar-refractivity contribution in [1.82, 2.24) is 10.3 Å². The van der Waals surface area contributed by atoms with Crippen molar-refractivity contribution in [2.45, 2.75) is 6.92 Å². The van der Waals surface area contributed by atoms with Gasteiger partial charge in [0.25, 0.3) is 5.91 Å². The van der Waals surface area contributed by atoms with Crippen LogP contribution in [0, 0.1) is 6.92 Å². The number of halogens is 1. The van der Waals surface area contributed by atoms with E-state index in [-0.39, 0.29) is 12.2 Å². The van der Waals surface area contributed by atoms with Gasteiger partial charge in [-0.2, -0.15) is 0 Å². The van der Waals surface area contributed by atoms with Crippen LogP contribution < -0.4 is 10.6 Å². The van der Waals surface area contributed by atoms with Crippen molar-refractivity contribution in [1.29, 1.82) is 0 Å². The van der Waals surface area contributed by atoms with E-state index >= 15 is 0 Å². The summed E-state index contributed by atoms with van der Waals surface area (Å²) in [6, 6.07) is 7.75. The zero-order valence-corrected chi connectivity index (χ0v) is 14.4. The summed E-state index contributed by atoms with van der Waals surface area (Å²) in [5.41, 5.74) is 1.66. The Morgan fingerprint density at radius 3 is 2.64 bits per heavy atom. The van der Waals surface area contributed by atoms with Crippen LogP contribution in [-0.4, -0.2) is 36.4 Å². The lowest BCUT2D eigenvalue weighted by Crippen LogP contribution is -2.33. The molecule has 25 heavy (non-hydrogen) atoms. The van der Waals surface area contributed by atoms with Crippen molar-refractivity contribution in [3.05, 3.63) is 58.4 Å². The van der Waals surface area contributed by atoms with Gasteiger partial charge < -0.3 is 15.4 Å². The van der Waals surface area contributed by atoms with Crippen molar-refractivity contribution in [3.8, 4) is 0 Å². The highest BCUT2D eigenvalue weighted by Gasteiger charge is 2.12. The molecule has 0 saturated carbocycles. The summed E-state index contributed by atoms with van der Waals surface area (Å²) < 4.78 is 4.65. The maximum absolute atomic E-state index is 12.0. The Kier molecular flexibility index (Phi) is 6.08. The van der Waals surface area contributed by atoms with Gasteiger partial charge in [-0.05, 0) is 36.8 Å². The van der Waals surface area contributed by atoms with Crippen LogP contribution in [0.3, 0.4) is 0 Å². The predicted octanol–water partition coefficient (Wildman–Crippen LogP) is 2.20. The molecule has 0 bridgehead atoms. The molecule has 2 amide bonds. The van der Waals surface area contributed by atoms with Gasteiger partial charge in [-0.3, -0.25) is 14.6 Å². The number of benzene rings is 1. The van der Waals surface area contributed by atoms with Crippen LogP contribution in [-0.2, 0) is 9.53 Å². The Labute approximate surface area is 149 Å². The number of esters is 1. The van der Waals surface area contributed by atoms with Crippen molar-refractivity contribution in [2.24, 2.45) is 0 Å². The number of carbonyl (C=O) groups excluding carboxylic acids is 3. The lowest BCUT2D eigenvalue weighted by molar-refractivity contribution is -0.115. The maximum Gasteiger partial charge on any atom is 0.337 e. The second-order valence-electron chi connectivity index (χ2n) is 5.11. The first-order chi connectivity index (χ1) is 11.9. The standard InChI is InChI=1S/C17H16ClN3O4/c1-10-3-4-11(17(24)25-2)7-13(10)21-15(22)9-20-16(23)14-8-12(18)5-6-19-14/h3-8H,9H2,1-2H3,(H,20,23)(H,21,22). The first kappa shape index (κ1) is 18.4. The number of pyridine rings is 1. The molecule has 7 nitrogen and oxygen atoms in total. The maximum atomic E-state index is 12.0. The molecule has 0 aliphatic heterocycles. The molecule has 2 aromatic rings. The Bertz CT molecular complexity index is 823. The molecule has 130 valence electrons. The van der Waals surface area contributed by atoms with Gasteiger partial charge in [-0.25, -0.2) is 4.79 Å². The molecule has 0 aliphatic rings. The number of ether oxygens (including phenoxy) is 1. The zero-order chi connectivity index (χ0) is 18.4. The fraction of sp³-hybridized carbons (Fsp3) is 0.176. The summed E-state index contributed by atoms with van der Waals surface area (Å²) in [5.74, 6) is -1.46. The fourth-order valence-electron chi connectivity index (χ4n) is 1.98. The summed E-state index contributed by atoms with van der Waals surface area (Å²) in [4.78, 5) is 39.4. The quantitative estimate of drug-likeness (QED) is 0.796. The minimum absolute atomic E-state index is 0.115. The van der Waals surface area contributed by atoms with E-state index in [4.69, 9.17) is 11.6 Å². The smallest absolute Gasteiger partial charge is 0.337 e. The summed E-state index contributed by atoms with van der Waals surface area (Å²) in [6.45, 7) is 1.53. The first-order valence-corrected chi connectivity index (χ1v) is 7.67. The number of aryl methyl sites for hydroxylation is 1. The van der Waals surface area contributed by atoms with Gasteiger partial charge in [0.2, 0.25) is 5.91 Å². The van der Waals surface area contributed by atoms with Crippen LogP contribution in [0.2, 0.25) is 5.02 Å². The molecule has 1 aromatic heterocycles. The van der Waals surface area contributed by atoms with Gasteiger partial charge in [0.05, 0.1) is 19.2 Å². The number of aromatic nitrogens is 1. The topological polar surface area (TPSA) is 97.4 Å². The third kappa shape index (κ3) is 5.02. The molecule has 0 fully saturated rings. The van der Waals surface area contributed by atoms with E-state index < -0.39 is 17.8 Å². The van der Waals surface area contributed by atoms with E-state index in [2.05, 4.69) is 20.4 Å². The zero-order valence-electron chi connectivity index (χ0n) is 13.6. The average molecular weight is 362 g/mol. The van der Waals surface area contributed by atoms with Gasteiger partial charge >= 0.3 is 5.97 Å². The molecule has 0 unspecified atom stereocenters. The number of amides is 2. The van der Waals surface area contributed by atoms with Gasteiger partial charge in [0.15, 0.2) is 0 Å². The minimum atomic E-state index is -0.516. The number of methoxy groups -OCH3 is 1. The number of nitrogens with one attached hydrogen (secondary N) is 2. The predicted molar refractivity (Wildman–Crippen MR) is 92.7 cm³/mol. The number of anilines is 1. The first-order valence-electron chi connectivity index (χ1n) is 7.29. The van der Waals surface area contributed by atoms with Crippen LogP contribution in [0.5, 0.6) is 0 Å². The average Bonchev–Trinajstić information content (AvgIpc) is 2.60. The second-order valence-corrected chi connectivity index (χ2v) is 5.55. The van der Waals surface area contributed by atoms with Gasteiger partial charge in [-0.1, -0.05) is 17.7 Å². The molecule has 2 N–H and O–H groups in total. The van der Waals surface area contributed by atoms with E-state index in [9.17, 15) is 14.4 Å². The van der Waals surface area contributed by atoms with Gasteiger partial charge in [0.1, 0.15) is 5.69 Å². The van der Waals surface area contributed by atoms with E-state index in [0.717, 1.165) is 5.56 Å². The van der Waals surface area contributed by atoms with Crippen LogP contribution >= 0.6 is 11.6 Å². The monoisotopic (exact) mass is 361 g/mol. The Hall–Kier alpha value is -2.93. The van der Waals surface area contributed by atoms with Crippen LogP contribution in [0.4, 0.5) is 5.69 Å². The molecule has 8 heteroatoms. The molecule has 0 radical (unpaired) electrons. The minimum Gasteiger partial charge on any atom is -0.465 e. The van der Waals surface area contributed by atoms with Crippen molar-refractivity contribution in [2.75, 3.05) is 19.0 Å². The molecule has 2 rings (SSSR count). The largest absolute Gasteiger partial charge is 0.465 e. The van der Waals surface area contributed by atoms with Crippen molar-refractivity contribution >= 4 is 35.1 Å². The van der Waals surface area contributed by atoms with Crippen molar-refractivity contribution in [3.63, 3.8) is 0 Å². The highest BCUT2D eigenvalue weighted by Crippen LogP contribution is 2.17. The molecular weight excluding hydrogens is 346 g/mol. The molecule has 1 aromatic carbocycles. The fourth-order valence-corrected chi connectivity index (χ4v) is 2.14. The number of carbonyl (C=O) groups is 3. The Morgan fingerprint density at radius 2 is 1.96 bits per heavy atom. The van der Waals surface area contributed by atoms with Gasteiger partial charge in [-0.15, -0.1) is 0 Å². The molecule has 1 heterocycles. The third-order valence-corrected chi connectivity index (χ3v) is 3.53. The summed E-state index contributed by atoms with van der Waals surface area (Å²) in [6.07, 6.45) is 1.40. The van der Waals surface area contributed by atoms with Crippen LogP contribution in [0.25, 0.3) is 0 Å². The molecule has 0 spiro atoms. The van der Waals surface area contributed by atoms with Crippen LogP contribution in [0.1, 0.15) is 26.4 Å². The summed E-state index contributed by atoms with van der Waals surface area (Å²) in [5, 5.41) is 5.47. The summed E-state index contributed by atoms with van der Waals surface area (Å²) in [7, 11) is 1.28. The van der Waals surface area contributed by atoms with Crippen molar-refractivity contribution < 1.29 is 19.1 Å². The van der Waals surface area contributed by atoms with Crippen LogP contribution in [0.15, 0.2) is 36.5 Å². The van der Waals surface area contributed by atoms with Gasteiger partial charge in [0, 0.05) is 16.9 Å². The normalized spacial score (nSPS) is 10.0. The Balaban J connectivity index is 1.98. The summed E-state index contributed by atoms with van der Waals surface area (Å²) >= 11 is 5.79. The van der Waals surface area contributed by atoms with E-state index in [0.29, 0.717) is 16.3 Å². The SMILES string of the molecule is COC(=O)c1ccc(C)c(NC(=O)CNC(=O)c2cc(Cl)ccn2)c1. The van der Waals surface area contributed by atoms with E-state index in [1.807, 2.05) is 0 Å². The number of nitrogens with zero attached hydrogens (tertiary/aromatic N) is 1.